The highest BCUT2D eigenvalue weighted by molar-refractivity contribution is 7.99. The van der Waals surface area contributed by atoms with Crippen LogP contribution in [0.15, 0.2) is 47.6 Å². The Kier molecular flexibility index (Phi) is 5.36. The number of rotatable bonds is 6. The molecule has 1 amide bonds. The largest absolute Gasteiger partial charge is 0.508 e. The Morgan fingerprint density at radius 3 is 2.74 bits per heavy atom. The lowest BCUT2D eigenvalue weighted by Crippen LogP contribution is -2.07. The van der Waals surface area contributed by atoms with Crippen molar-refractivity contribution in [3.63, 3.8) is 0 Å². The van der Waals surface area contributed by atoms with E-state index in [2.05, 4.69) is 20.8 Å². The normalized spacial score (nSPS) is 10.6. The number of tetrazole rings is 1. The van der Waals surface area contributed by atoms with Crippen molar-refractivity contribution in [2.45, 2.75) is 12.1 Å². The maximum absolute atomic E-state index is 12.3. The lowest BCUT2D eigenvalue weighted by Gasteiger charge is -2.07. The SMILES string of the molecule is CC(=O)Nc1cccc(-n2nnnc2SCC(=O)c2ccc(O)cc2O)c1. The number of nitrogens with zero attached hydrogens (tertiary/aromatic N) is 4. The summed E-state index contributed by atoms with van der Waals surface area (Å²) < 4.78 is 1.44. The summed E-state index contributed by atoms with van der Waals surface area (Å²) in [6.07, 6.45) is 0. The minimum atomic E-state index is -0.334. The number of anilines is 1. The van der Waals surface area contributed by atoms with Crippen molar-refractivity contribution in [2.24, 2.45) is 0 Å². The van der Waals surface area contributed by atoms with Gasteiger partial charge >= 0.3 is 0 Å². The molecule has 3 rings (SSSR count). The van der Waals surface area contributed by atoms with Gasteiger partial charge in [0.05, 0.1) is 17.0 Å². The summed E-state index contributed by atoms with van der Waals surface area (Å²) in [5.41, 5.74) is 1.32. The van der Waals surface area contributed by atoms with Crippen molar-refractivity contribution in [3.8, 4) is 17.2 Å². The van der Waals surface area contributed by atoms with Gasteiger partial charge in [0, 0.05) is 18.7 Å². The Hall–Kier alpha value is -3.40. The van der Waals surface area contributed by atoms with E-state index in [9.17, 15) is 19.8 Å². The smallest absolute Gasteiger partial charge is 0.221 e. The van der Waals surface area contributed by atoms with E-state index in [1.54, 1.807) is 24.3 Å². The van der Waals surface area contributed by atoms with Gasteiger partial charge < -0.3 is 15.5 Å². The fourth-order valence-electron chi connectivity index (χ4n) is 2.31. The molecule has 3 N–H and O–H groups in total. The summed E-state index contributed by atoms with van der Waals surface area (Å²) in [5, 5.41) is 33.6. The monoisotopic (exact) mass is 385 g/mol. The maximum atomic E-state index is 12.3. The number of hydrogen-bond donors (Lipinski definition) is 3. The second-order valence-corrected chi connectivity index (χ2v) is 6.46. The van der Waals surface area contributed by atoms with Gasteiger partial charge in [-0.25, -0.2) is 0 Å². The zero-order valence-electron chi connectivity index (χ0n) is 14.2. The second kappa shape index (κ2) is 7.87. The van der Waals surface area contributed by atoms with Crippen LogP contribution in [0.25, 0.3) is 5.69 Å². The lowest BCUT2D eigenvalue weighted by atomic mass is 10.1. The summed E-state index contributed by atoms with van der Waals surface area (Å²) in [4.78, 5) is 23.5. The number of ketones is 1. The molecular formula is C17H15N5O4S. The first-order valence-electron chi connectivity index (χ1n) is 7.78. The summed E-state index contributed by atoms with van der Waals surface area (Å²) in [6.45, 7) is 1.41. The van der Waals surface area contributed by atoms with Crippen molar-refractivity contribution in [2.75, 3.05) is 11.1 Å². The van der Waals surface area contributed by atoms with E-state index in [4.69, 9.17) is 0 Å². The number of carbonyl (C=O) groups is 2. The summed E-state index contributed by atoms with van der Waals surface area (Å²) in [6, 6.07) is 10.7. The van der Waals surface area contributed by atoms with Crippen molar-refractivity contribution >= 4 is 29.1 Å². The topological polar surface area (TPSA) is 130 Å². The van der Waals surface area contributed by atoms with Crippen LogP contribution in [0.2, 0.25) is 0 Å². The van der Waals surface area contributed by atoms with Gasteiger partial charge in [0.25, 0.3) is 0 Å². The molecule has 9 nitrogen and oxygen atoms in total. The Bertz CT molecular complexity index is 1000. The molecule has 0 bridgehead atoms. The fraction of sp³-hybridized carbons (Fsp3) is 0.118. The zero-order valence-corrected chi connectivity index (χ0v) is 15.0. The Labute approximate surface area is 158 Å². The standard InChI is InChI=1S/C17H15N5O4S/c1-10(23)18-11-3-2-4-12(7-11)22-17(19-20-21-22)27-9-16(26)14-6-5-13(24)8-15(14)25/h2-8,24-25H,9H2,1H3,(H,18,23). The van der Waals surface area contributed by atoms with Gasteiger partial charge in [-0.3, -0.25) is 9.59 Å². The van der Waals surface area contributed by atoms with Crippen molar-refractivity contribution in [1.82, 2.24) is 20.2 Å². The van der Waals surface area contributed by atoms with Crippen LogP contribution in [0.4, 0.5) is 5.69 Å². The van der Waals surface area contributed by atoms with Crippen LogP contribution in [0.5, 0.6) is 11.5 Å². The highest BCUT2D eigenvalue weighted by atomic mass is 32.2. The first-order chi connectivity index (χ1) is 12.9. The van der Waals surface area contributed by atoms with E-state index in [1.165, 1.54) is 23.7 Å². The predicted molar refractivity (Wildman–Crippen MR) is 98.3 cm³/mol. The number of thioether (sulfide) groups is 1. The summed E-state index contributed by atoms with van der Waals surface area (Å²) in [7, 11) is 0. The fourth-order valence-corrected chi connectivity index (χ4v) is 3.09. The van der Waals surface area contributed by atoms with Gasteiger partial charge in [0.2, 0.25) is 11.1 Å². The first kappa shape index (κ1) is 18.4. The number of phenolic OH excluding ortho intramolecular Hbond substituents is 2. The molecule has 0 unspecified atom stereocenters. The molecule has 138 valence electrons. The minimum Gasteiger partial charge on any atom is -0.508 e. The molecule has 0 aliphatic heterocycles. The van der Waals surface area contributed by atoms with Crippen molar-refractivity contribution < 1.29 is 19.8 Å². The van der Waals surface area contributed by atoms with Gasteiger partial charge in [-0.05, 0) is 40.8 Å². The number of nitrogens with one attached hydrogen (secondary N) is 1. The van der Waals surface area contributed by atoms with Crippen LogP contribution >= 0.6 is 11.8 Å². The average molecular weight is 385 g/mol. The number of phenols is 2. The van der Waals surface area contributed by atoms with E-state index < -0.39 is 0 Å². The summed E-state index contributed by atoms with van der Waals surface area (Å²) in [5.74, 6) is -0.955. The third-order valence-electron chi connectivity index (χ3n) is 3.47. The molecule has 0 radical (unpaired) electrons. The lowest BCUT2D eigenvalue weighted by molar-refractivity contribution is -0.114. The van der Waals surface area contributed by atoms with E-state index in [0.29, 0.717) is 16.5 Å². The third kappa shape index (κ3) is 4.42. The molecule has 0 aliphatic rings. The highest BCUT2D eigenvalue weighted by Crippen LogP contribution is 2.26. The average Bonchev–Trinajstić information content (AvgIpc) is 3.08. The molecule has 0 fully saturated rings. The number of carbonyl (C=O) groups excluding carboxylic acids is 2. The van der Waals surface area contributed by atoms with Crippen molar-refractivity contribution in [1.29, 1.82) is 0 Å². The molecule has 10 heteroatoms. The van der Waals surface area contributed by atoms with Crippen LogP contribution < -0.4 is 5.32 Å². The number of aromatic nitrogens is 4. The molecule has 0 atom stereocenters. The third-order valence-corrected chi connectivity index (χ3v) is 4.39. The van der Waals surface area contributed by atoms with E-state index in [-0.39, 0.29) is 34.5 Å². The molecule has 0 spiro atoms. The van der Waals surface area contributed by atoms with E-state index in [1.807, 2.05) is 0 Å². The van der Waals surface area contributed by atoms with Crippen LogP contribution in [0.3, 0.4) is 0 Å². The van der Waals surface area contributed by atoms with Gasteiger partial charge in [-0.2, -0.15) is 4.68 Å². The number of amides is 1. The predicted octanol–water partition coefficient (Wildman–Crippen LogP) is 2.01. The molecule has 2 aromatic carbocycles. The van der Waals surface area contributed by atoms with E-state index >= 15 is 0 Å². The highest BCUT2D eigenvalue weighted by Gasteiger charge is 2.16. The number of benzene rings is 2. The zero-order chi connectivity index (χ0) is 19.4. The molecule has 0 saturated heterocycles. The molecule has 0 saturated carbocycles. The minimum absolute atomic E-state index is 0.00983. The molecule has 0 aliphatic carbocycles. The summed E-state index contributed by atoms with van der Waals surface area (Å²) >= 11 is 1.10. The van der Waals surface area contributed by atoms with Gasteiger partial charge in [-0.1, -0.05) is 17.8 Å². The van der Waals surface area contributed by atoms with Gasteiger partial charge in [0.15, 0.2) is 5.78 Å². The van der Waals surface area contributed by atoms with E-state index in [0.717, 1.165) is 17.8 Å². The van der Waals surface area contributed by atoms with Crippen molar-refractivity contribution in [3.05, 3.63) is 48.0 Å². The van der Waals surface area contributed by atoms with Crippen LogP contribution in [-0.4, -0.2) is 47.9 Å². The van der Waals surface area contributed by atoms with Crippen LogP contribution in [0, 0.1) is 0 Å². The van der Waals surface area contributed by atoms with Gasteiger partial charge in [-0.15, -0.1) is 5.10 Å². The number of hydrogen-bond acceptors (Lipinski definition) is 8. The molecule has 3 aromatic rings. The first-order valence-corrected chi connectivity index (χ1v) is 8.77. The molecule has 1 heterocycles. The second-order valence-electron chi connectivity index (χ2n) is 5.52. The molecule has 1 aromatic heterocycles. The quantitative estimate of drug-likeness (QED) is 0.434. The Morgan fingerprint density at radius 1 is 1.19 bits per heavy atom. The number of Topliss-reactive ketones (excluding diaryl/α,β-unsaturated/α-hetero) is 1. The van der Waals surface area contributed by atoms with Crippen LogP contribution in [0.1, 0.15) is 17.3 Å². The Balaban J connectivity index is 1.76. The van der Waals surface area contributed by atoms with Crippen LogP contribution in [-0.2, 0) is 4.79 Å². The number of aromatic hydroxyl groups is 2. The molecular weight excluding hydrogens is 370 g/mol. The maximum Gasteiger partial charge on any atom is 0.221 e. The Morgan fingerprint density at radius 2 is 2.00 bits per heavy atom. The van der Waals surface area contributed by atoms with Gasteiger partial charge in [0.1, 0.15) is 11.5 Å². The molecule has 27 heavy (non-hydrogen) atoms.